The van der Waals surface area contributed by atoms with Crippen molar-refractivity contribution in [3.8, 4) is 22.6 Å². The molecule has 0 spiro atoms. The summed E-state index contributed by atoms with van der Waals surface area (Å²) in [6.45, 7) is 2.31. The second-order valence-electron chi connectivity index (χ2n) is 7.01. The van der Waals surface area contributed by atoms with Crippen molar-refractivity contribution in [1.29, 1.82) is 0 Å². The van der Waals surface area contributed by atoms with Gasteiger partial charge in [-0.3, -0.25) is 4.79 Å². The number of carboxylic acid groups (broad SMARTS) is 1. The number of nitrogens with one attached hydrogen (secondary N) is 1. The minimum Gasteiger partial charge on any atom is -0.493 e. The Morgan fingerprint density at radius 3 is 2.74 bits per heavy atom. The predicted octanol–water partition coefficient (Wildman–Crippen LogP) is 5.13. The molecule has 6 nitrogen and oxygen atoms in total. The van der Waals surface area contributed by atoms with Crippen LogP contribution in [-0.4, -0.2) is 30.7 Å². The maximum Gasteiger partial charge on any atom is 0.346 e. The first-order chi connectivity index (χ1) is 14.9. The van der Waals surface area contributed by atoms with Crippen molar-refractivity contribution in [2.45, 2.75) is 19.3 Å². The second-order valence-corrected chi connectivity index (χ2v) is 8.06. The first-order valence-corrected chi connectivity index (χ1v) is 10.5. The van der Waals surface area contributed by atoms with Gasteiger partial charge in [0.05, 0.1) is 19.4 Å². The highest BCUT2D eigenvalue weighted by Gasteiger charge is 2.35. The number of hydrogen-bond acceptors (Lipinski definition) is 5. The lowest BCUT2D eigenvalue weighted by Gasteiger charge is -2.24. The number of hydrogen-bond donors (Lipinski definition) is 2. The van der Waals surface area contributed by atoms with Crippen molar-refractivity contribution in [1.82, 2.24) is 0 Å². The van der Waals surface area contributed by atoms with Gasteiger partial charge in [0.1, 0.15) is 10.7 Å². The second kappa shape index (κ2) is 8.39. The van der Waals surface area contributed by atoms with Crippen LogP contribution in [0.25, 0.3) is 11.1 Å². The lowest BCUT2D eigenvalue weighted by atomic mass is 9.88. The Morgan fingerprint density at radius 2 is 2.06 bits per heavy atom. The van der Waals surface area contributed by atoms with E-state index in [2.05, 4.69) is 5.32 Å². The minimum atomic E-state index is -1.13. The zero-order valence-electron chi connectivity index (χ0n) is 16.9. The summed E-state index contributed by atoms with van der Waals surface area (Å²) in [7, 11) is 1.55. The van der Waals surface area contributed by atoms with Crippen LogP contribution < -0.4 is 14.8 Å². The van der Waals surface area contributed by atoms with Crippen LogP contribution in [0, 0.1) is 5.82 Å². The highest BCUT2D eigenvalue weighted by Crippen LogP contribution is 2.50. The Hall–Kier alpha value is -3.39. The lowest BCUT2D eigenvalue weighted by molar-refractivity contribution is -0.116. The van der Waals surface area contributed by atoms with Crippen molar-refractivity contribution in [3.63, 3.8) is 0 Å². The molecule has 2 heterocycles. The summed E-state index contributed by atoms with van der Waals surface area (Å²) in [5, 5.41) is 12.6. The third-order valence-electron chi connectivity index (χ3n) is 5.10. The Balaban J connectivity index is 1.89. The van der Waals surface area contributed by atoms with Gasteiger partial charge >= 0.3 is 5.97 Å². The summed E-state index contributed by atoms with van der Waals surface area (Å²) >= 11 is 1.10. The quantitative estimate of drug-likeness (QED) is 0.554. The minimum absolute atomic E-state index is 0.0568. The van der Waals surface area contributed by atoms with E-state index in [1.807, 2.05) is 19.1 Å². The molecule has 2 N–H and O–H groups in total. The number of carbonyl (C=O) groups is 2. The molecule has 1 atom stereocenters. The molecule has 8 heteroatoms. The van der Waals surface area contributed by atoms with Crippen molar-refractivity contribution in [3.05, 3.63) is 63.6 Å². The number of benzene rings is 2. The summed E-state index contributed by atoms with van der Waals surface area (Å²) in [5.74, 6) is -1.09. The van der Waals surface area contributed by atoms with Gasteiger partial charge in [0.2, 0.25) is 5.91 Å². The number of thiophene rings is 1. The zero-order chi connectivity index (χ0) is 22.1. The molecule has 0 aliphatic carbocycles. The number of rotatable bonds is 6. The molecule has 2 aromatic carbocycles. The van der Waals surface area contributed by atoms with Gasteiger partial charge in [-0.1, -0.05) is 18.2 Å². The van der Waals surface area contributed by atoms with Crippen LogP contribution in [0.5, 0.6) is 11.5 Å². The smallest absolute Gasteiger partial charge is 0.346 e. The molecule has 1 aliphatic heterocycles. The monoisotopic (exact) mass is 441 g/mol. The third kappa shape index (κ3) is 3.86. The van der Waals surface area contributed by atoms with E-state index in [4.69, 9.17) is 9.47 Å². The number of fused-ring (bicyclic) bond motifs is 1. The van der Waals surface area contributed by atoms with Crippen LogP contribution >= 0.6 is 11.3 Å². The molecule has 1 aromatic heterocycles. The molecular formula is C23H20FNO5S. The summed E-state index contributed by atoms with van der Waals surface area (Å²) < 4.78 is 24.9. The van der Waals surface area contributed by atoms with Crippen molar-refractivity contribution < 1.29 is 28.6 Å². The molecule has 160 valence electrons. The van der Waals surface area contributed by atoms with E-state index in [0.29, 0.717) is 39.8 Å². The molecule has 31 heavy (non-hydrogen) atoms. The number of carbonyl (C=O) groups excluding carboxylic acids is 1. The fraction of sp³-hybridized carbons (Fsp3) is 0.217. The number of methoxy groups -OCH3 is 1. The van der Waals surface area contributed by atoms with E-state index in [0.717, 1.165) is 16.9 Å². The van der Waals surface area contributed by atoms with E-state index in [1.165, 1.54) is 18.2 Å². The van der Waals surface area contributed by atoms with E-state index in [-0.39, 0.29) is 23.1 Å². The molecule has 0 fully saturated rings. The van der Waals surface area contributed by atoms with Gasteiger partial charge < -0.3 is 19.9 Å². The van der Waals surface area contributed by atoms with Crippen LogP contribution in [0.15, 0.2) is 42.5 Å². The first kappa shape index (κ1) is 20.9. The van der Waals surface area contributed by atoms with Gasteiger partial charge in [-0.15, -0.1) is 11.3 Å². The van der Waals surface area contributed by atoms with Crippen LogP contribution in [-0.2, 0) is 4.79 Å². The lowest BCUT2D eigenvalue weighted by Crippen LogP contribution is -2.22. The third-order valence-corrected chi connectivity index (χ3v) is 6.39. The largest absolute Gasteiger partial charge is 0.493 e. The number of anilines is 1. The Bertz CT molecular complexity index is 1170. The number of ether oxygens (including phenoxy) is 2. The Kier molecular flexibility index (Phi) is 5.65. The van der Waals surface area contributed by atoms with Gasteiger partial charge in [0.25, 0.3) is 0 Å². The topological polar surface area (TPSA) is 84.9 Å². The summed E-state index contributed by atoms with van der Waals surface area (Å²) in [6.07, 6.45) is 0.160. The molecular weight excluding hydrogens is 421 g/mol. The number of amides is 1. The molecule has 0 unspecified atom stereocenters. The number of halogens is 1. The predicted molar refractivity (Wildman–Crippen MR) is 116 cm³/mol. The van der Waals surface area contributed by atoms with Crippen LogP contribution in [0.3, 0.4) is 0 Å². The van der Waals surface area contributed by atoms with Gasteiger partial charge in [0, 0.05) is 22.8 Å². The standard InChI is InChI=1S/C23H20FNO5S/c1-3-30-17-10-12(7-8-16(17)29-2)15-11-18(26)25-20-19(13-5-4-6-14(24)9-13)22(23(27)28)31-21(15)20/h4-10,15H,3,11H2,1-2H3,(H,25,26)(H,27,28)/t15-/m1/s1. The summed E-state index contributed by atoms with van der Waals surface area (Å²) in [6, 6.07) is 11.1. The molecule has 0 radical (unpaired) electrons. The Labute approximate surface area is 182 Å². The molecule has 0 bridgehead atoms. The molecule has 1 amide bonds. The molecule has 0 saturated carbocycles. The van der Waals surface area contributed by atoms with Crippen molar-refractivity contribution >= 4 is 28.9 Å². The average Bonchev–Trinajstić information content (AvgIpc) is 3.13. The van der Waals surface area contributed by atoms with Crippen molar-refractivity contribution in [2.24, 2.45) is 0 Å². The summed E-state index contributed by atoms with van der Waals surface area (Å²) in [4.78, 5) is 25.4. The first-order valence-electron chi connectivity index (χ1n) is 9.69. The average molecular weight is 441 g/mol. The van der Waals surface area contributed by atoms with Crippen LogP contribution in [0.4, 0.5) is 10.1 Å². The fourth-order valence-corrected chi connectivity index (χ4v) is 5.05. The van der Waals surface area contributed by atoms with E-state index in [9.17, 15) is 19.1 Å². The van der Waals surface area contributed by atoms with E-state index < -0.39 is 11.8 Å². The SMILES string of the molecule is CCOc1cc([C@H]2CC(=O)Nc3c2sc(C(=O)O)c3-c2cccc(F)c2)ccc1OC. The van der Waals surface area contributed by atoms with Crippen molar-refractivity contribution in [2.75, 3.05) is 19.0 Å². The molecule has 3 aromatic rings. The van der Waals surface area contributed by atoms with Gasteiger partial charge in [-0.05, 0) is 42.3 Å². The van der Waals surface area contributed by atoms with Crippen LogP contribution in [0.1, 0.15) is 39.4 Å². The molecule has 4 rings (SSSR count). The molecule has 1 aliphatic rings. The maximum atomic E-state index is 13.9. The van der Waals surface area contributed by atoms with E-state index >= 15 is 0 Å². The van der Waals surface area contributed by atoms with Gasteiger partial charge in [-0.25, -0.2) is 9.18 Å². The van der Waals surface area contributed by atoms with E-state index in [1.54, 1.807) is 19.2 Å². The highest BCUT2D eigenvalue weighted by molar-refractivity contribution is 7.15. The maximum absolute atomic E-state index is 13.9. The summed E-state index contributed by atoms with van der Waals surface area (Å²) in [5.41, 5.74) is 1.96. The number of carboxylic acids is 1. The fourth-order valence-electron chi connectivity index (χ4n) is 3.80. The zero-order valence-corrected chi connectivity index (χ0v) is 17.7. The Morgan fingerprint density at radius 1 is 1.26 bits per heavy atom. The number of aromatic carboxylic acids is 1. The normalized spacial score (nSPS) is 15.2. The highest BCUT2D eigenvalue weighted by atomic mass is 32.1. The van der Waals surface area contributed by atoms with Crippen LogP contribution in [0.2, 0.25) is 0 Å². The van der Waals surface area contributed by atoms with Gasteiger partial charge in [0.15, 0.2) is 11.5 Å². The molecule has 0 saturated heterocycles. The van der Waals surface area contributed by atoms with Gasteiger partial charge in [-0.2, -0.15) is 0 Å².